The van der Waals surface area contributed by atoms with E-state index >= 15 is 0 Å². The quantitative estimate of drug-likeness (QED) is 0.807. The Bertz CT molecular complexity index is 445. The monoisotopic (exact) mass is 261 g/mol. The molecule has 1 heterocycles. The zero-order valence-electron chi connectivity index (χ0n) is 9.25. The van der Waals surface area contributed by atoms with E-state index in [1.54, 1.807) is 18.3 Å². The minimum absolute atomic E-state index is 0.0913. The van der Waals surface area contributed by atoms with Gasteiger partial charge in [-0.05, 0) is 18.1 Å². The van der Waals surface area contributed by atoms with E-state index in [1.165, 1.54) is 18.0 Å². The van der Waals surface area contributed by atoms with E-state index in [9.17, 15) is 8.42 Å². The molecule has 0 amide bonds. The lowest BCUT2D eigenvalue weighted by Gasteiger charge is -2.09. The molecule has 1 rings (SSSR count). The zero-order chi connectivity index (χ0) is 12.2. The molecule has 1 unspecified atom stereocenters. The van der Waals surface area contributed by atoms with Crippen LogP contribution >= 0.6 is 11.8 Å². The fraction of sp³-hybridized carbons (Fsp3) is 0.500. The molecule has 0 spiro atoms. The summed E-state index contributed by atoms with van der Waals surface area (Å²) in [6.07, 6.45) is 2.74. The molecule has 16 heavy (non-hydrogen) atoms. The number of rotatable bonds is 5. The van der Waals surface area contributed by atoms with Crippen LogP contribution in [0.1, 0.15) is 6.92 Å². The molecular formula is C10H15NO3S2. The van der Waals surface area contributed by atoms with Crippen molar-refractivity contribution in [1.82, 2.24) is 4.98 Å². The Morgan fingerprint density at radius 2 is 2.25 bits per heavy atom. The third kappa shape index (κ3) is 3.77. The van der Waals surface area contributed by atoms with E-state index in [0.29, 0.717) is 10.8 Å². The Morgan fingerprint density at radius 1 is 1.56 bits per heavy atom. The zero-order valence-corrected chi connectivity index (χ0v) is 10.9. The number of aliphatic hydroxyl groups is 1. The van der Waals surface area contributed by atoms with Gasteiger partial charge in [0.05, 0.1) is 4.90 Å². The lowest BCUT2D eigenvalue weighted by molar-refractivity contribution is 0.250. The molecule has 1 atom stereocenters. The summed E-state index contributed by atoms with van der Waals surface area (Å²) in [7, 11) is -3.23. The van der Waals surface area contributed by atoms with Gasteiger partial charge >= 0.3 is 0 Å². The van der Waals surface area contributed by atoms with Crippen LogP contribution in [0, 0.1) is 5.92 Å². The molecule has 0 aliphatic carbocycles. The topological polar surface area (TPSA) is 67.3 Å². The molecule has 0 aromatic carbocycles. The van der Waals surface area contributed by atoms with Gasteiger partial charge in [-0.2, -0.15) is 0 Å². The summed E-state index contributed by atoms with van der Waals surface area (Å²) in [5, 5.41) is 9.39. The molecule has 0 saturated heterocycles. The minimum Gasteiger partial charge on any atom is -0.396 e. The maximum Gasteiger partial charge on any atom is 0.178 e. The average molecular weight is 261 g/mol. The number of nitrogens with zero attached hydrogens (tertiary/aromatic N) is 1. The summed E-state index contributed by atoms with van der Waals surface area (Å²) in [6.45, 7) is 1.99. The maximum atomic E-state index is 11.5. The van der Waals surface area contributed by atoms with Crippen LogP contribution in [0.2, 0.25) is 0 Å². The van der Waals surface area contributed by atoms with Crippen LogP contribution in [-0.2, 0) is 9.84 Å². The average Bonchev–Trinajstić information content (AvgIpc) is 2.25. The number of hydrogen-bond donors (Lipinski definition) is 1. The van der Waals surface area contributed by atoms with Crippen LogP contribution in [0.3, 0.4) is 0 Å². The molecule has 4 nitrogen and oxygen atoms in total. The second kappa shape index (κ2) is 5.65. The highest BCUT2D eigenvalue weighted by Gasteiger charge is 2.14. The van der Waals surface area contributed by atoms with Gasteiger partial charge in [-0.15, -0.1) is 11.8 Å². The lowest BCUT2D eigenvalue weighted by atomic mass is 10.2. The van der Waals surface area contributed by atoms with Crippen LogP contribution in [0.4, 0.5) is 0 Å². The fourth-order valence-electron chi connectivity index (χ4n) is 1.04. The Balaban J connectivity index is 2.88. The standard InChI is InChI=1S/C10H15NO3S2/c1-8(6-12)7-15-10-9(16(2,13)14)4-3-5-11-10/h3-5,8,12H,6-7H2,1-2H3. The van der Waals surface area contributed by atoms with E-state index < -0.39 is 9.84 Å². The molecule has 0 bridgehead atoms. The van der Waals surface area contributed by atoms with Crippen molar-refractivity contribution in [1.29, 1.82) is 0 Å². The largest absolute Gasteiger partial charge is 0.396 e. The Hall–Kier alpha value is -0.590. The van der Waals surface area contributed by atoms with Gasteiger partial charge in [-0.1, -0.05) is 6.92 Å². The van der Waals surface area contributed by atoms with E-state index in [1.807, 2.05) is 6.92 Å². The van der Waals surface area contributed by atoms with Gasteiger partial charge < -0.3 is 5.11 Å². The first-order valence-corrected chi connectivity index (χ1v) is 7.71. The van der Waals surface area contributed by atoms with Gasteiger partial charge in [0.15, 0.2) is 9.84 Å². The van der Waals surface area contributed by atoms with E-state index in [-0.39, 0.29) is 17.4 Å². The van der Waals surface area contributed by atoms with Crippen LogP contribution in [0.25, 0.3) is 0 Å². The van der Waals surface area contributed by atoms with E-state index in [2.05, 4.69) is 4.98 Å². The van der Waals surface area contributed by atoms with Crippen molar-refractivity contribution in [3.05, 3.63) is 18.3 Å². The van der Waals surface area contributed by atoms with E-state index in [4.69, 9.17) is 5.11 Å². The second-order valence-electron chi connectivity index (χ2n) is 3.68. The van der Waals surface area contributed by atoms with Crippen molar-refractivity contribution < 1.29 is 13.5 Å². The van der Waals surface area contributed by atoms with Crippen molar-refractivity contribution in [2.24, 2.45) is 5.92 Å². The number of hydrogen-bond acceptors (Lipinski definition) is 5. The molecule has 1 N–H and O–H groups in total. The number of thioether (sulfide) groups is 1. The summed E-state index contributed by atoms with van der Waals surface area (Å²) >= 11 is 1.36. The van der Waals surface area contributed by atoms with Gasteiger partial charge in [0, 0.05) is 24.8 Å². The molecule has 1 aromatic rings. The summed E-state index contributed by atoms with van der Waals surface area (Å²) in [5.41, 5.74) is 0. The summed E-state index contributed by atoms with van der Waals surface area (Å²) in [6, 6.07) is 3.16. The number of aromatic nitrogens is 1. The number of sulfone groups is 1. The molecule has 0 fully saturated rings. The molecule has 0 saturated carbocycles. The van der Waals surface area contributed by atoms with Crippen LogP contribution in [0.15, 0.2) is 28.3 Å². The predicted octanol–water partition coefficient (Wildman–Crippen LogP) is 1.21. The first-order chi connectivity index (χ1) is 7.45. The van der Waals surface area contributed by atoms with Gasteiger partial charge in [-0.25, -0.2) is 13.4 Å². The highest BCUT2D eigenvalue weighted by atomic mass is 32.2. The van der Waals surface area contributed by atoms with Gasteiger partial charge in [0.1, 0.15) is 5.03 Å². The first-order valence-electron chi connectivity index (χ1n) is 4.84. The maximum absolute atomic E-state index is 11.5. The van der Waals surface area contributed by atoms with Crippen LogP contribution < -0.4 is 0 Å². The third-order valence-corrected chi connectivity index (χ3v) is 4.54. The molecule has 1 aromatic heterocycles. The second-order valence-corrected chi connectivity index (χ2v) is 6.67. The molecular weight excluding hydrogens is 246 g/mol. The summed E-state index contributed by atoms with van der Waals surface area (Å²) < 4.78 is 22.9. The van der Waals surface area contributed by atoms with Crippen molar-refractivity contribution in [2.75, 3.05) is 18.6 Å². The third-order valence-electron chi connectivity index (χ3n) is 1.95. The molecule has 0 aliphatic heterocycles. The summed E-state index contributed by atoms with van der Waals surface area (Å²) in [4.78, 5) is 4.31. The highest BCUT2D eigenvalue weighted by Crippen LogP contribution is 2.25. The van der Waals surface area contributed by atoms with Crippen molar-refractivity contribution in [3.63, 3.8) is 0 Å². The van der Waals surface area contributed by atoms with Crippen LogP contribution in [-0.4, -0.2) is 37.1 Å². The SMILES string of the molecule is CC(CO)CSc1ncccc1S(C)(=O)=O. The first kappa shape index (κ1) is 13.5. The Kier molecular flexibility index (Phi) is 4.76. The highest BCUT2D eigenvalue weighted by molar-refractivity contribution is 8.00. The minimum atomic E-state index is -3.23. The van der Waals surface area contributed by atoms with Crippen LogP contribution in [0.5, 0.6) is 0 Å². The summed E-state index contributed by atoms with van der Waals surface area (Å²) in [5.74, 6) is 0.773. The van der Waals surface area contributed by atoms with Gasteiger partial charge in [-0.3, -0.25) is 0 Å². The van der Waals surface area contributed by atoms with Gasteiger partial charge in [0.25, 0.3) is 0 Å². The number of pyridine rings is 1. The predicted molar refractivity (Wildman–Crippen MR) is 64.3 cm³/mol. The lowest BCUT2D eigenvalue weighted by Crippen LogP contribution is -2.06. The van der Waals surface area contributed by atoms with Crippen molar-refractivity contribution in [3.8, 4) is 0 Å². The Morgan fingerprint density at radius 3 is 2.81 bits per heavy atom. The normalized spacial score (nSPS) is 13.7. The van der Waals surface area contributed by atoms with Crippen molar-refractivity contribution in [2.45, 2.75) is 16.8 Å². The smallest absolute Gasteiger partial charge is 0.178 e. The molecule has 0 radical (unpaired) electrons. The van der Waals surface area contributed by atoms with E-state index in [0.717, 1.165) is 0 Å². The van der Waals surface area contributed by atoms with Crippen molar-refractivity contribution >= 4 is 21.6 Å². The number of aliphatic hydroxyl groups excluding tert-OH is 1. The molecule has 6 heteroatoms. The molecule has 0 aliphatic rings. The molecule has 90 valence electrons. The Labute approximate surface area is 100 Å². The fourth-order valence-corrected chi connectivity index (χ4v) is 3.26. The van der Waals surface area contributed by atoms with Gasteiger partial charge in [0.2, 0.25) is 0 Å².